The molecule has 186 valence electrons. The molecule has 0 amide bonds. The van der Waals surface area contributed by atoms with Gasteiger partial charge < -0.3 is 19.0 Å². The number of nitrogens with zero attached hydrogens (tertiary/aromatic N) is 3. The molecule has 5 nitrogen and oxygen atoms in total. The standard InChI is InChI=1S/C34H23N3O2/c1-2-9-24(10-3-1)36-18-19-37(22-36)25-11-6-12-26(20-25)38-31-21-29-27(16-15-23-8-7-17-35-33(23)29)32-28-13-4-5-14-30(28)39-34(31)32/h1-21H,22H2. The summed E-state index contributed by atoms with van der Waals surface area (Å²) in [6, 6.07) is 37.1. The largest absolute Gasteiger partial charge is 0.453 e. The minimum atomic E-state index is 0.673. The highest BCUT2D eigenvalue weighted by molar-refractivity contribution is 6.24. The van der Waals surface area contributed by atoms with E-state index in [1.54, 1.807) is 0 Å². The van der Waals surface area contributed by atoms with Gasteiger partial charge in [0, 0.05) is 57.6 Å². The number of furan rings is 1. The summed E-state index contributed by atoms with van der Waals surface area (Å²) < 4.78 is 13.0. The minimum absolute atomic E-state index is 0.673. The smallest absolute Gasteiger partial charge is 0.178 e. The Morgan fingerprint density at radius 1 is 0.667 bits per heavy atom. The Kier molecular flexibility index (Phi) is 4.82. The number of aromatic nitrogens is 1. The van der Waals surface area contributed by atoms with Gasteiger partial charge in [0.15, 0.2) is 11.3 Å². The highest BCUT2D eigenvalue weighted by Gasteiger charge is 2.19. The topological polar surface area (TPSA) is 41.7 Å². The molecule has 0 atom stereocenters. The van der Waals surface area contributed by atoms with Crippen molar-refractivity contribution in [1.82, 2.24) is 4.98 Å². The van der Waals surface area contributed by atoms with Crippen LogP contribution in [0.5, 0.6) is 11.5 Å². The average Bonchev–Trinajstić information content (AvgIpc) is 3.64. The molecule has 8 rings (SSSR count). The number of fused-ring (bicyclic) bond motifs is 7. The van der Waals surface area contributed by atoms with Gasteiger partial charge in [0.2, 0.25) is 0 Å². The number of rotatable bonds is 4. The van der Waals surface area contributed by atoms with Crippen molar-refractivity contribution in [2.45, 2.75) is 0 Å². The van der Waals surface area contributed by atoms with Crippen molar-refractivity contribution < 1.29 is 9.15 Å². The molecule has 5 aromatic carbocycles. The summed E-state index contributed by atoms with van der Waals surface area (Å²) in [4.78, 5) is 9.14. The number of pyridine rings is 1. The van der Waals surface area contributed by atoms with Crippen molar-refractivity contribution in [3.63, 3.8) is 0 Å². The molecule has 2 aromatic heterocycles. The molecule has 39 heavy (non-hydrogen) atoms. The van der Waals surface area contributed by atoms with Gasteiger partial charge in [0.1, 0.15) is 11.3 Å². The van der Waals surface area contributed by atoms with Gasteiger partial charge in [-0.15, -0.1) is 0 Å². The molecule has 1 aliphatic heterocycles. The SMILES string of the molecule is C1=CN(c2cccc(Oc3cc4c(ccc5cccnc54)c4c3oc3ccccc34)c2)CN1c1ccccc1. The van der Waals surface area contributed by atoms with Crippen LogP contribution in [0.2, 0.25) is 0 Å². The quantitative estimate of drug-likeness (QED) is 0.224. The van der Waals surface area contributed by atoms with Gasteiger partial charge in [0.25, 0.3) is 0 Å². The lowest BCUT2D eigenvalue weighted by Gasteiger charge is -2.22. The van der Waals surface area contributed by atoms with Crippen molar-refractivity contribution >= 4 is 55.0 Å². The van der Waals surface area contributed by atoms with E-state index < -0.39 is 0 Å². The zero-order valence-electron chi connectivity index (χ0n) is 21.0. The first-order chi connectivity index (χ1) is 19.3. The number of benzene rings is 5. The lowest BCUT2D eigenvalue weighted by molar-refractivity contribution is 0.477. The molecule has 0 bridgehead atoms. The van der Waals surface area contributed by atoms with Gasteiger partial charge in [-0.2, -0.15) is 0 Å². The lowest BCUT2D eigenvalue weighted by atomic mass is 10.0. The van der Waals surface area contributed by atoms with E-state index in [1.165, 1.54) is 0 Å². The summed E-state index contributed by atoms with van der Waals surface area (Å²) in [7, 11) is 0. The summed E-state index contributed by atoms with van der Waals surface area (Å²) in [6.45, 7) is 0.731. The third-order valence-electron chi connectivity index (χ3n) is 7.37. The Hall–Kier alpha value is -5.29. The molecule has 0 saturated heterocycles. The average molecular weight is 506 g/mol. The van der Waals surface area contributed by atoms with Gasteiger partial charge in [0.05, 0.1) is 12.2 Å². The van der Waals surface area contributed by atoms with Crippen LogP contribution in [-0.2, 0) is 0 Å². The number of para-hydroxylation sites is 2. The maximum absolute atomic E-state index is 6.60. The summed E-state index contributed by atoms with van der Waals surface area (Å²) in [5, 5.41) is 5.34. The van der Waals surface area contributed by atoms with E-state index in [2.05, 4.69) is 88.9 Å². The third kappa shape index (κ3) is 3.59. The third-order valence-corrected chi connectivity index (χ3v) is 7.37. The minimum Gasteiger partial charge on any atom is -0.453 e. The summed E-state index contributed by atoms with van der Waals surface area (Å²) in [6.07, 6.45) is 6.03. The van der Waals surface area contributed by atoms with Gasteiger partial charge in [-0.1, -0.05) is 60.7 Å². The Morgan fingerprint density at radius 2 is 1.49 bits per heavy atom. The summed E-state index contributed by atoms with van der Waals surface area (Å²) in [5.74, 6) is 1.42. The second kappa shape index (κ2) is 8.64. The van der Waals surface area contributed by atoms with Gasteiger partial charge in [-0.25, -0.2) is 0 Å². The molecule has 1 aliphatic rings. The summed E-state index contributed by atoms with van der Waals surface area (Å²) in [5.41, 5.74) is 4.73. The zero-order chi connectivity index (χ0) is 25.8. The van der Waals surface area contributed by atoms with Crippen LogP contribution in [-0.4, -0.2) is 11.7 Å². The first kappa shape index (κ1) is 21.8. The van der Waals surface area contributed by atoms with E-state index in [0.717, 1.165) is 67.4 Å². The van der Waals surface area contributed by atoms with Crippen molar-refractivity contribution in [2.75, 3.05) is 16.5 Å². The first-order valence-electron chi connectivity index (χ1n) is 13.0. The fraction of sp³-hybridized carbons (Fsp3) is 0.0294. The summed E-state index contributed by atoms with van der Waals surface area (Å²) >= 11 is 0. The highest BCUT2D eigenvalue weighted by atomic mass is 16.5. The normalized spacial score (nSPS) is 13.3. The molecule has 3 heterocycles. The van der Waals surface area contributed by atoms with Gasteiger partial charge in [-0.05, 0) is 47.9 Å². The predicted molar refractivity (Wildman–Crippen MR) is 158 cm³/mol. The monoisotopic (exact) mass is 505 g/mol. The van der Waals surface area contributed by atoms with Crippen molar-refractivity contribution in [2.24, 2.45) is 0 Å². The fourth-order valence-electron chi connectivity index (χ4n) is 5.52. The molecule has 0 fully saturated rings. The molecule has 0 saturated carbocycles. The van der Waals surface area contributed by atoms with Crippen LogP contribution in [0, 0.1) is 0 Å². The van der Waals surface area contributed by atoms with Gasteiger partial charge in [-0.3, -0.25) is 4.98 Å². The van der Waals surface area contributed by atoms with Crippen molar-refractivity contribution in [3.05, 3.63) is 128 Å². The van der Waals surface area contributed by atoms with Crippen LogP contribution in [0.25, 0.3) is 43.6 Å². The molecule has 0 spiro atoms. The van der Waals surface area contributed by atoms with Crippen LogP contribution >= 0.6 is 0 Å². The van der Waals surface area contributed by atoms with E-state index in [4.69, 9.17) is 14.1 Å². The maximum Gasteiger partial charge on any atom is 0.178 e. The first-order valence-corrected chi connectivity index (χ1v) is 13.0. The number of hydrogen-bond acceptors (Lipinski definition) is 5. The lowest BCUT2D eigenvalue weighted by Crippen LogP contribution is -2.24. The number of ether oxygens (including phenoxy) is 1. The maximum atomic E-state index is 6.60. The van der Waals surface area contributed by atoms with E-state index in [9.17, 15) is 0 Å². The predicted octanol–water partition coefficient (Wildman–Crippen LogP) is 8.84. The van der Waals surface area contributed by atoms with E-state index in [1.807, 2.05) is 48.7 Å². The molecule has 0 N–H and O–H groups in total. The molecule has 0 unspecified atom stereocenters. The molecule has 5 heteroatoms. The van der Waals surface area contributed by atoms with E-state index in [-0.39, 0.29) is 0 Å². The van der Waals surface area contributed by atoms with Crippen LogP contribution in [0.15, 0.2) is 132 Å². The van der Waals surface area contributed by atoms with Crippen molar-refractivity contribution in [3.8, 4) is 11.5 Å². The second-order valence-corrected chi connectivity index (χ2v) is 9.73. The Bertz CT molecular complexity index is 2050. The molecule has 0 radical (unpaired) electrons. The second-order valence-electron chi connectivity index (χ2n) is 9.73. The zero-order valence-corrected chi connectivity index (χ0v) is 21.0. The fourth-order valence-corrected chi connectivity index (χ4v) is 5.52. The van der Waals surface area contributed by atoms with Crippen LogP contribution in [0.1, 0.15) is 0 Å². The van der Waals surface area contributed by atoms with Crippen LogP contribution in [0.4, 0.5) is 11.4 Å². The highest BCUT2D eigenvalue weighted by Crippen LogP contribution is 2.43. The molecular formula is C34H23N3O2. The van der Waals surface area contributed by atoms with Crippen LogP contribution in [0.3, 0.4) is 0 Å². The molecular weight excluding hydrogens is 482 g/mol. The molecule has 0 aliphatic carbocycles. The van der Waals surface area contributed by atoms with E-state index in [0.29, 0.717) is 5.75 Å². The Balaban J connectivity index is 1.23. The number of hydrogen-bond donors (Lipinski definition) is 0. The molecule has 7 aromatic rings. The van der Waals surface area contributed by atoms with Crippen molar-refractivity contribution in [1.29, 1.82) is 0 Å². The Labute approximate surface area is 224 Å². The Morgan fingerprint density at radius 3 is 2.41 bits per heavy atom. The van der Waals surface area contributed by atoms with Gasteiger partial charge >= 0.3 is 0 Å². The van der Waals surface area contributed by atoms with Crippen LogP contribution < -0.4 is 14.5 Å². The number of anilines is 2. The van der Waals surface area contributed by atoms with E-state index >= 15 is 0 Å².